The van der Waals surface area contributed by atoms with Crippen molar-refractivity contribution in [2.24, 2.45) is 0 Å². The summed E-state index contributed by atoms with van der Waals surface area (Å²) in [5, 5.41) is 4.96. The molecule has 0 unspecified atom stereocenters. The lowest BCUT2D eigenvalue weighted by Gasteiger charge is -2.28. The Balaban J connectivity index is 0.941. The van der Waals surface area contributed by atoms with E-state index in [1.165, 1.54) is 88.3 Å². The molecule has 1 heteroatoms. The van der Waals surface area contributed by atoms with Crippen molar-refractivity contribution >= 4 is 50.8 Å². The molecule has 0 amide bonds. The molecule has 294 valence electrons. The van der Waals surface area contributed by atoms with E-state index in [1.54, 1.807) is 0 Å². The largest absolute Gasteiger partial charge is 0.310 e. The summed E-state index contributed by atoms with van der Waals surface area (Å²) in [6.45, 7) is 4.74. The molecular weight excluding hydrogens is 747 g/mol. The normalized spacial score (nSPS) is 12.7. The Morgan fingerprint density at radius 3 is 1.53 bits per heavy atom. The zero-order valence-corrected chi connectivity index (χ0v) is 35.0. The zero-order chi connectivity index (χ0) is 41.6. The highest BCUT2D eigenvalue weighted by molar-refractivity contribution is 6.07. The van der Waals surface area contributed by atoms with Gasteiger partial charge in [0.25, 0.3) is 0 Å². The van der Waals surface area contributed by atoms with Crippen LogP contribution >= 0.6 is 0 Å². The number of anilines is 3. The molecule has 10 aromatic carbocycles. The molecule has 0 heterocycles. The van der Waals surface area contributed by atoms with E-state index in [0.29, 0.717) is 0 Å². The zero-order valence-electron chi connectivity index (χ0n) is 35.0. The lowest BCUT2D eigenvalue weighted by molar-refractivity contribution is 0.660. The number of rotatable bonds is 8. The summed E-state index contributed by atoms with van der Waals surface area (Å²) < 4.78 is 0. The number of hydrogen-bond acceptors (Lipinski definition) is 1. The van der Waals surface area contributed by atoms with Crippen LogP contribution < -0.4 is 4.90 Å². The summed E-state index contributed by atoms with van der Waals surface area (Å²) >= 11 is 0. The summed E-state index contributed by atoms with van der Waals surface area (Å²) in [4.78, 5) is 2.35. The Hall–Kier alpha value is -7.74. The SMILES string of the molecule is CC1(C)c2cc(/C=C/c3ccc(-c4cc5ccccc5cc4-c4ccc(-c5ccccc5)cc4)c4ccccc34)ccc2-c2ccc(N(c3ccccc3)c3ccccc3)cc21. The second-order valence-electron chi connectivity index (χ2n) is 16.9. The van der Waals surface area contributed by atoms with E-state index in [0.717, 1.165) is 17.1 Å². The second-order valence-corrected chi connectivity index (χ2v) is 16.9. The fourth-order valence-electron chi connectivity index (χ4n) is 9.65. The van der Waals surface area contributed by atoms with Crippen LogP contribution in [0.4, 0.5) is 17.1 Å². The van der Waals surface area contributed by atoms with E-state index in [-0.39, 0.29) is 5.41 Å². The molecule has 11 rings (SSSR count). The highest BCUT2D eigenvalue weighted by atomic mass is 15.1. The van der Waals surface area contributed by atoms with Gasteiger partial charge in [0.15, 0.2) is 0 Å². The van der Waals surface area contributed by atoms with Crippen LogP contribution in [0.1, 0.15) is 36.1 Å². The van der Waals surface area contributed by atoms with Gasteiger partial charge in [0.05, 0.1) is 0 Å². The van der Waals surface area contributed by atoms with Gasteiger partial charge in [-0.05, 0) is 137 Å². The van der Waals surface area contributed by atoms with Crippen molar-refractivity contribution in [2.75, 3.05) is 4.90 Å². The van der Waals surface area contributed by atoms with Crippen molar-refractivity contribution in [3.63, 3.8) is 0 Å². The first kappa shape index (κ1) is 37.3. The van der Waals surface area contributed by atoms with Gasteiger partial charge in [-0.15, -0.1) is 0 Å². The maximum Gasteiger partial charge on any atom is 0.0465 e. The molecule has 0 spiro atoms. The highest BCUT2D eigenvalue weighted by Crippen LogP contribution is 2.51. The fourth-order valence-corrected chi connectivity index (χ4v) is 9.65. The number of hydrogen-bond donors (Lipinski definition) is 0. The smallest absolute Gasteiger partial charge is 0.0465 e. The summed E-state index contributed by atoms with van der Waals surface area (Å²) in [5.74, 6) is 0. The quantitative estimate of drug-likeness (QED) is 0.139. The van der Waals surface area contributed by atoms with Crippen LogP contribution in [0.5, 0.6) is 0 Å². The number of para-hydroxylation sites is 2. The molecule has 0 saturated carbocycles. The number of fused-ring (bicyclic) bond motifs is 5. The maximum atomic E-state index is 2.40. The topological polar surface area (TPSA) is 3.24 Å². The lowest BCUT2D eigenvalue weighted by Crippen LogP contribution is -2.16. The molecule has 62 heavy (non-hydrogen) atoms. The molecule has 0 saturated heterocycles. The van der Waals surface area contributed by atoms with Crippen LogP contribution in [0.2, 0.25) is 0 Å². The molecule has 0 bridgehead atoms. The monoisotopic (exact) mass is 791 g/mol. The average molecular weight is 792 g/mol. The predicted octanol–water partition coefficient (Wildman–Crippen LogP) is 16.9. The van der Waals surface area contributed by atoms with Crippen LogP contribution in [0.3, 0.4) is 0 Å². The van der Waals surface area contributed by atoms with Crippen molar-refractivity contribution in [3.8, 4) is 44.5 Å². The first-order valence-electron chi connectivity index (χ1n) is 21.6. The third-order valence-corrected chi connectivity index (χ3v) is 12.9. The Morgan fingerprint density at radius 2 is 0.855 bits per heavy atom. The molecule has 1 aliphatic rings. The minimum absolute atomic E-state index is 0.169. The Kier molecular flexibility index (Phi) is 9.24. The van der Waals surface area contributed by atoms with Gasteiger partial charge in [0.1, 0.15) is 0 Å². The van der Waals surface area contributed by atoms with E-state index in [2.05, 4.69) is 255 Å². The molecule has 0 atom stereocenters. The van der Waals surface area contributed by atoms with Crippen molar-refractivity contribution < 1.29 is 0 Å². The van der Waals surface area contributed by atoms with Gasteiger partial charge in [-0.2, -0.15) is 0 Å². The maximum absolute atomic E-state index is 2.40. The minimum atomic E-state index is -0.169. The van der Waals surface area contributed by atoms with Crippen LogP contribution in [-0.4, -0.2) is 0 Å². The van der Waals surface area contributed by atoms with E-state index in [4.69, 9.17) is 0 Å². The third-order valence-electron chi connectivity index (χ3n) is 12.9. The van der Waals surface area contributed by atoms with E-state index < -0.39 is 0 Å². The van der Waals surface area contributed by atoms with Crippen LogP contribution in [0, 0.1) is 0 Å². The van der Waals surface area contributed by atoms with Gasteiger partial charge in [0.2, 0.25) is 0 Å². The molecule has 0 aliphatic heterocycles. The van der Waals surface area contributed by atoms with E-state index >= 15 is 0 Å². The highest BCUT2D eigenvalue weighted by Gasteiger charge is 2.36. The fraction of sp³-hybridized carbons (Fsp3) is 0.0492. The molecule has 10 aromatic rings. The van der Waals surface area contributed by atoms with Crippen LogP contribution in [0.25, 0.3) is 78.2 Å². The standard InChI is InChI=1S/C61H45N/c1-61(2)59-38-42(27-35-55(59)56-37-34-51(41-60(56)61)62(49-20-8-4-9-21-49)50-22-10-5-11-23-50)26-28-45-33-36-54(53-25-15-14-24-52(45)53)58-40-48-19-13-12-18-47(48)39-57(58)46-31-29-44(30-32-46)43-16-6-3-7-17-43/h3-41H,1-2H3/b28-26+. The summed E-state index contributed by atoms with van der Waals surface area (Å²) in [7, 11) is 0. The Labute approximate surface area is 364 Å². The summed E-state index contributed by atoms with van der Waals surface area (Å²) in [6.07, 6.45) is 4.58. The predicted molar refractivity (Wildman–Crippen MR) is 265 cm³/mol. The van der Waals surface area contributed by atoms with Gasteiger partial charge in [-0.1, -0.05) is 202 Å². The number of benzene rings is 10. The van der Waals surface area contributed by atoms with E-state index in [9.17, 15) is 0 Å². The van der Waals surface area contributed by atoms with Gasteiger partial charge in [0, 0.05) is 22.5 Å². The first-order valence-corrected chi connectivity index (χ1v) is 21.6. The lowest BCUT2D eigenvalue weighted by atomic mass is 9.81. The molecule has 1 aliphatic carbocycles. The van der Waals surface area contributed by atoms with Gasteiger partial charge in [-0.25, -0.2) is 0 Å². The van der Waals surface area contributed by atoms with E-state index in [1.807, 2.05) is 0 Å². The molecule has 0 fully saturated rings. The molecule has 0 aromatic heterocycles. The summed E-state index contributed by atoms with van der Waals surface area (Å²) in [5.41, 5.74) is 18.4. The van der Waals surface area contributed by atoms with Crippen molar-refractivity contribution in [3.05, 3.63) is 247 Å². The van der Waals surface area contributed by atoms with Crippen molar-refractivity contribution in [1.82, 2.24) is 0 Å². The molecular formula is C61H45N. The van der Waals surface area contributed by atoms with Crippen LogP contribution in [-0.2, 0) is 5.41 Å². The third kappa shape index (κ3) is 6.60. The average Bonchev–Trinajstić information content (AvgIpc) is 3.56. The Bertz CT molecular complexity index is 3250. The van der Waals surface area contributed by atoms with Gasteiger partial charge in [-0.3, -0.25) is 0 Å². The van der Waals surface area contributed by atoms with Gasteiger partial charge < -0.3 is 4.90 Å². The Morgan fingerprint density at radius 1 is 0.339 bits per heavy atom. The molecule has 0 radical (unpaired) electrons. The first-order chi connectivity index (χ1) is 30.5. The van der Waals surface area contributed by atoms with Crippen molar-refractivity contribution in [2.45, 2.75) is 19.3 Å². The van der Waals surface area contributed by atoms with Gasteiger partial charge >= 0.3 is 0 Å². The molecule has 1 nitrogen and oxygen atoms in total. The van der Waals surface area contributed by atoms with Crippen molar-refractivity contribution in [1.29, 1.82) is 0 Å². The van der Waals surface area contributed by atoms with Crippen LogP contribution in [0.15, 0.2) is 224 Å². The number of nitrogens with zero attached hydrogens (tertiary/aromatic N) is 1. The summed E-state index contributed by atoms with van der Waals surface area (Å²) in [6, 6.07) is 81.9. The second kappa shape index (κ2) is 15.4. The molecule has 0 N–H and O–H groups in total. The minimum Gasteiger partial charge on any atom is -0.310 e.